The zero-order valence-corrected chi connectivity index (χ0v) is 17.7. The summed E-state index contributed by atoms with van der Waals surface area (Å²) in [4.78, 5) is 20.9. The first-order valence-corrected chi connectivity index (χ1v) is 10.7. The summed E-state index contributed by atoms with van der Waals surface area (Å²) in [5.41, 5.74) is 2.28. The van der Waals surface area contributed by atoms with Crippen LogP contribution in [0.2, 0.25) is 0 Å². The fourth-order valence-electron chi connectivity index (χ4n) is 3.84. The summed E-state index contributed by atoms with van der Waals surface area (Å²) in [6, 6.07) is 15.9. The van der Waals surface area contributed by atoms with Crippen molar-refractivity contribution in [2.45, 2.75) is 31.3 Å². The van der Waals surface area contributed by atoms with E-state index in [1.807, 2.05) is 36.4 Å². The van der Waals surface area contributed by atoms with Gasteiger partial charge >= 0.3 is 0 Å². The van der Waals surface area contributed by atoms with Crippen molar-refractivity contribution in [2.24, 2.45) is 0 Å². The molecule has 0 bridgehead atoms. The fourth-order valence-corrected chi connectivity index (χ4v) is 4.18. The van der Waals surface area contributed by atoms with Crippen LogP contribution >= 0.6 is 15.9 Å². The van der Waals surface area contributed by atoms with E-state index in [1.54, 1.807) is 23.0 Å². The third kappa shape index (κ3) is 3.95. The highest BCUT2D eigenvalue weighted by Gasteiger charge is 2.26. The van der Waals surface area contributed by atoms with Crippen LogP contribution < -0.4 is 16.2 Å². The lowest BCUT2D eigenvalue weighted by molar-refractivity contribution is 0.592. The number of benzene rings is 1. The van der Waals surface area contributed by atoms with E-state index in [0.29, 0.717) is 18.1 Å². The van der Waals surface area contributed by atoms with Crippen LogP contribution in [0.4, 0.5) is 11.8 Å². The van der Waals surface area contributed by atoms with Gasteiger partial charge in [0, 0.05) is 28.8 Å². The highest BCUT2D eigenvalue weighted by molar-refractivity contribution is 9.10. The van der Waals surface area contributed by atoms with Crippen molar-refractivity contribution in [1.82, 2.24) is 14.5 Å². The monoisotopic (exact) mass is 465 g/mol. The first-order valence-electron chi connectivity index (χ1n) is 9.87. The molecule has 0 amide bonds. The maximum Gasteiger partial charge on any atom is 0.295 e. The Labute approximate surface area is 181 Å². The molecule has 30 heavy (non-hydrogen) atoms. The summed E-state index contributed by atoms with van der Waals surface area (Å²) < 4.78 is 8.36. The lowest BCUT2D eigenvalue weighted by atomic mass is 10.2. The van der Waals surface area contributed by atoms with Crippen LogP contribution in [-0.4, -0.2) is 26.6 Å². The van der Waals surface area contributed by atoms with E-state index in [0.717, 1.165) is 46.3 Å². The lowest BCUT2D eigenvalue weighted by Gasteiger charge is -2.15. The number of fused-ring (bicyclic) bond motifs is 1. The molecule has 2 N–H and O–H groups in total. The molecule has 4 aromatic rings. The number of hydrogen-bond acceptors (Lipinski definition) is 6. The van der Waals surface area contributed by atoms with E-state index in [9.17, 15) is 4.79 Å². The van der Waals surface area contributed by atoms with Crippen molar-refractivity contribution in [3.63, 3.8) is 0 Å². The molecule has 1 aromatic carbocycles. The number of oxazole rings is 1. The highest BCUT2D eigenvalue weighted by atomic mass is 79.9. The SMILES string of the molecule is O=c1ccccn1-c1ccc(N[C@H]2CC[C@H](Nc3nc4ccc(Br)cc4o3)C2)nc1. The zero-order chi connectivity index (χ0) is 20.5. The molecule has 8 heteroatoms. The van der Waals surface area contributed by atoms with Gasteiger partial charge in [-0.1, -0.05) is 22.0 Å². The molecule has 1 saturated carbocycles. The van der Waals surface area contributed by atoms with Crippen molar-refractivity contribution in [3.05, 3.63) is 75.8 Å². The average Bonchev–Trinajstić information content (AvgIpc) is 3.35. The molecule has 1 aliphatic rings. The second kappa shape index (κ2) is 7.95. The van der Waals surface area contributed by atoms with Crippen molar-refractivity contribution < 1.29 is 4.42 Å². The van der Waals surface area contributed by atoms with Crippen LogP contribution in [-0.2, 0) is 0 Å². The molecule has 0 radical (unpaired) electrons. The molecule has 0 unspecified atom stereocenters. The first-order chi connectivity index (χ1) is 14.6. The maximum absolute atomic E-state index is 11.9. The van der Waals surface area contributed by atoms with Gasteiger partial charge in [-0.15, -0.1) is 0 Å². The molecule has 3 heterocycles. The molecule has 0 saturated heterocycles. The fraction of sp³-hybridized carbons (Fsp3) is 0.227. The lowest BCUT2D eigenvalue weighted by Crippen LogP contribution is -2.21. The third-order valence-corrected chi connectivity index (χ3v) is 5.80. The smallest absolute Gasteiger partial charge is 0.295 e. The Morgan fingerprint density at radius 1 is 1.07 bits per heavy atom. The van der Waals surface area contributed by atoms with Crippen LogP contribution in [0.3, 0.4) is 0 Å². The standard InChI is InChI=1S/C22H20BrN5O2/c23-14-4-8-18-19(11-14)30-22(27-18)26-16-6-5-15(12-16)25-20-9-7-17(13-24-20)28-10-2-1-3-21(28)29/h1-4,7-11,13,15-16H,5-6,12H2,(H,24,25)(H,26,27)/t15-,16-/m0/s1. The van der Waals surface area contributed by atoms with Crippen molar-refractivity contribution in [1.29, 1.82) is 0 Å². The summed E-state index contributed by atoms with van der Waals surface area (Å²) >= 11 is 3.45. The van der Waals surface area contributed by atoms with Gasteiger partial charge in [0.05, 0.1) is 11.9 Å². The molecule has 7 nitrogen and oxygen atoms in total. The van der Waals surface area contributed by atoms with Gasteiger partial charge in [0.25, 0.3) is 11.6 Å². The first kappa shape index (κ1) is 18.9. The van der Waals surface area contributed by atoms with E-state index >= 15 is 0 Å². The molecular formula is C22H20BrN5O2. The minimum atomic E-state index is -0.0729. The van der Waals surface area contributed by atoms with E-state index in [2.05, 4.69) is 36.5 Å². The molecule has 5 rings (SSSR count). The van der Waals surface area contributed by atoms with Gasteiger partial charge in [0.15, 0.2) is 5.58 Å². The summed E-state index contributed by atoms with van der Waals surface area (Å²) in [6.07, 6.45) is 6.46. The molecular weight excluding hydrogens is 446 g/mol. The third-order valence-electron chi connectivity index (χ3n) is 5.31. The van der Waals surface area contributed by atoms with Crippen molar-refractivity contribution in [2.75, 3.05) is 10.6 Å². The maximum atomic E-state index is 11.9. The minimum Gasteiger partial charge on any atom is -0.424 e. The molecule has 1 aliphatic carbocycles. The van der Waals surface area contributed by atoms with Crippen LogP contribution in [0.5, 0.6) is 0 Å². The molecule has 3 aromatic heterocycles. The molecule has 152 valence electrons. The Bertz CT molecular complexity index is 1230. The topological polar surface area (TPSA) is 85.0 Å². The van der Waals surface area contributed by atoms with Crippen molar-refractivity contribution in [3.8, 4) is 5.69 Å². The molecule has 1 fully saturated rings. The molecule has 0 spiro atoms. The van der Waals surface area contributed by atoms with E-state index in [-0.39, 0.29) is 5.56 Å². The Balaban J connectivity index is 1.21. The number of halogens is 1. The number of pyridine rings is 2. The van der Waals surface area contributed by atoms with Gasteiger partial charge in [-0.3, -0.25) is 9.36 Å². The number of nitrogens with one attached hydrogen (secondary N) is 2. The Morgan fingerprint density at radius 3 is 2.73 bits per heavy atom. The van der Waals surface area contributed by atoms with Crippen LogP contribution in [0.15, 0.2) is 74.6 Å². The number of aromatic nitrogens is 3. The summed E-state index contributed by atoms with van der Waals surface area (Å²) in [7, 11) is 0. The second-order valence-corrected chi connectivity index (χ2v) is 8.35. The predicted octanol–water partition coefficient (Wildman–Crippen LogP) is 4.58. The van der Waals surface area contributed by atoms with Crippen LogP contribution in [0.1, 0.15) is 19.3 Å². The van der Waals surface area contributed by atoms with E-state index in [1.165, 1.54) is 6.07 Å². The Hall–Kier alpha value is -3.13. The number of hydrogen-bond donors (Lipinski definition) is 2. The molecule has 0 aliphatic heterocycles. The largest absolute Gasteiger partial charge is 0.424 e. The normalized spacial score (nSPS) is 18.6. The van der Waals surface area contributed by atoms with Gasteiger partial charge in [-0.05, 0) is 55.7 Å². The second-order valence-electron chi connectivity index (χ2n) is 7.44. The van der Waals surface area contributed by atoms with Gasteiger partial charge in [-0.25, -0.2) is 4.98 Å². The van der Waals surface area contributed by atoms with Gasteiger partial charge in [0.1, 0.15) is 11.3 Å². The zero-order valence-electron chi connectivity index (χ0n) is 16.1. The summed E-state index contributed by atoms with van der Waals surface area (Å²) in [5.74, 6) is 0.806. The molecule has 2 atom stereocenters. The van der Waals surface area contributed by atoms with Crippen LogP contribution in [0.25, 0.3) is 16.8 Å². The Morgan fingerprint density at radius 2 is 1.93 bits per heavy atom. The number of anilines is 2. The van der Waals surface area contributed by atoms with Crippen molar-refractivity contribution >= 4 is 38.9 Å². The number of nitrogens with zero attached hydrogens (tertiary/aromatic N) is 3. The van der Waals surface area contributed by atoms with Gasteiger partial charge in [-0.2, -0.15) is 4.98 Å². The number of rotatable bonds is 5. The summed E-state index contributed by atoms with van der Waals surface area (Å²) in [6.45, 7) is 0. The average molecular weight is 466 g/mol. The van der Waals surface area contributed by atoms with Gasteiger partial charge < -0.3 is 15.1 Å². The highest BCUT2D eigenvalue weighted by Crippen LogP contribution is 2.28. The quantitative estimate of drug-likeness (QED) is 0.448. The van der Waals surface area contributed by atoms with Crippen LogP contribution in [0, 0.1) is 0 Å². The predicted molar refractivity (Wildman–Crippen MR) is 120 cm³/mol. The van der Waals surface area contributed by atoms with E-state index < -0.39 is 0 Å². The minimum absolute atomic E-state index is 0.0729. The Kier molecular flexibility index (Phi) is 5.00. The van der Waals surface area contributed by atoms with E-state index in [4.69, 9.17) is 4.42 Å². The summed E-state index contributed by atoms with van der Waals surface area (Å²) in [5, 5.41) is 6.90. The van der Waals surface area contributed by atoms with Gasteiger partial charge in [0.2, 0.25) is 0 Å².